The van der Waals surface area contributed by atoms with Gasteiger partial charge in [0.25, 0.3) is 0 Å². The number of nitrogens with two attached hydrogens (primary N) is 1. The summed E-state index contributed by atoms with van der Waals surface area (Å²) in [6.07, 6.45) is -0.312. The Morgan fingerprint density at radius 2 is 2.17 bits per heavy atom. The number of aromatic nitrogens is 1. The Labute approximate surface area is 70.5 Å². The fraction of sp³-hybridized carbons (Fsp3) is 0.375. The molecular weight excluding hydrogens is 152 g/mol. The lowest BCUT2D eigenvalue weighted by molar-refractivity contribution is 0.763. The van der Waals surface area contributed by atoms with Gasteiger partial charge in [0.2, 0.25) is 0 Å². The first-order valence-corrected chi connectivity index (χ1v) is 3.83. The van der Waals surface area contributed by atoms with E-state index in [2.05, 4.69) is 15.2 Å². The topological polar surface area (TPSA) is 63.6 Å². The van der Waals surface area contributed by atoms with E-state index in [9.17, 15) is 0 Å². The molecular formula is C8H10N4. The first-order valence-electron chi connectivity index (χ1n) is 3.83. The number of aryl methyl sites for hydroxylation is 2. The fourth-order valence-electron chi connectivity index (χ4n) is 1.44. The molecule has 0 saturated carbocycles. The van der Waals surface area contributed by atoms with Gasteiger partial charge in [-0.3, -0.25) is 0 Å². The van der Waals surface area contributed by atoms with Crippen LogP contribution in [-0.2, 0) is 0 Å². The van der Waals surface area contributed by atoms with Gasteiger partial charge in [0, 0.05) is 11.3 Å². The molecule has 0 fully saturated rings. The van der Waals surface area contributed by atoms with Gasteiger partial charge >= 0.3 is 0 Å². The average Bonchev–Trinajstić information content (AvgIpc) is 2.31. The summed E-state index contributed by atoms with van der Waals surface area (Å²) in [6, 6.07) is 2.00. The monoisotopic (exact) mass is 162 g/mol. The molecule has 1 aliphatic heterocycles. The van der Waals surface area contributed by atoms with Crippen molar-refractivity contribution in [3.8, 4) is 0 Å². The highest BCUT2D eigenvalue weighted by Gasteiger charge is 2.20. The van der Waals surface area contributed by atoms with Crippen molar-refractivity contribution in [2.24, 2.45) is 16.0 Å². The first-order chi connectivity index (χ1) is 5.68. The molecule has 1 unspecified atom stereocenters. The Kier molecular flexibility index (Phi) is 1.44. The Bertz CT molecular complexity index is 356. The lowest BCUT2D eigenvalue weighted by Crippen LogP contribution is -2.06. The minimum Gasteiger partial charge on any atom is -0.304 e. The molecule has 2 heterocycles. The number of rotatable bonds is 0. The van der Waals surface area contributed by atoms with Crippen LogP contribution in [-0.4, -0.2) is 4.98 Å². The zero-order valence-electron chi connectivity index (χ0n) is 7.07. The van der Waals surface area contributed by atoms with Gasteiger partial charge in [0.05, 0.1) is 0 Å². The second-order valence-electron chi connectivity index (χ2n) is 2.98. The second kappa shape index (κ2) is 2.35. The van der Waals surface area contributed by atoms with Crippen LogP contribution in [0.5, 0.6) is 0 Å². The molecule has 1 aromatic rings. The molecule has 1 atom stereocenters. The highest BCUT2D eigenvalue weighted by Crippen LogP contribution is 2.33. The van der Waals surface area contributed by atoms with Gasteiger partial charge in [-0.2, -0.15) is 5.11 Å². The lowest BCUT2D eigenvalue weighted by Gasteiger charge is -2.05. The quantitative estimate of drug-likeness (QED) is 0.631. The molecule has 4 heteroatoms. The summed E-state index contributed by atoms with van der Waals surface area (Å²) in [5.74, 6) is 0.681. The van der Waals surface area contributed by atoms with E-state index in [4.69, 9.17) is 5.73 Å². The van der Waals surface area contributed by atoms with Crippen LogP contribution in [0, 0.1) is 13.8 Å². The fourth-order valence-corrected chi connectivity index (χ4v) is 1.44. The molecule has 4 nitrogen and oxygen atoms in total. The maximum absolute atomic E-state index is 5.70. The maximum atomic E-state index is 5.70. The highest BCUT2D eigenvalue weighted by molar-refractivity contribution is 5.48. The van der Waals surface area contributed by atoms with Crippen molar-refractivity contribution < 1.29 is 0 Å². The van der Waals surface area contributed by atoms with Crippen LogP contribution in [0.25, 0.3) is 0 Å². The molecule has 1 aliphatic rings. The van der Waals surface area contributed by atoms with Gasteiger partial charge in [0.1, 0.15) is 6.17 Å². The van der Waals surface area contributed by atoms with E-state index in [0.717, 1.165) is 16.8 Å². The summed E-state index contributed by atoms with van der Waals surface area (Å²) >= 11 is 0. The van der Waals surface area contributed by atoms with Crippen molar-refractivity contribution in [1.29, 1.82) is 0 Å². The number of hydrogen-bond acceptors (Lipinski definition) is 4. The summed E-state index contributed by atoms with van der Waals surface area (Å²) in [4.78, 5) is 4.22. The predicted octanol–water partition coefficient (Wildman–Crippen LogP) is 1.75. The Balaban J connectivity index is 2.66. The summed E-state index contributed by atoms with van der Waals surface area (Å²) in [5.41, 5.74) is 8.73. The van der Waals surface area contributed by atoms with Crippen molar-refractivity contribution >= 4 is 5.82 Å². The summed E-state index contributed by atoms with van der Waals surface area (Å²) in [7, 11) is 0. The van der Waals surface area contributed by atoms with Crippen LogP contribution in [0.3, 0.4) is 0 Å². The zero-order valence-corrected chi connectivity index (χ0v) is 7.07. The minimum absolute atomic E-state index is 0.312. The van der Waals surface area contributed by atoms with E-state index >= 15 is 0 Å². The van der Waals surface area contributed by atoms with Crippen LogP contribution < -0.4 is 5.73 Å². The van der Waals surface area contributed by atoms with Crippen LogP contribution >= 0.6 is 0 Å². The van der Waals surface area contributed by atoms with Crippen LogP contribution in [0.1, 0.15) is 23.0 Å². The van der Waals surface area contributed by atoms with E-state index in [1.807, 2.05) is 19.9 Å². The van der Waals surface area contributed by atoms with Crippen LogP contribution in [0.2, 0.25) is 0 Å². The normalized spacial score (nSPS) is 19.8. The van der Waals surface area contributed by atoms with Crippen molar-refractivity contribution in [2.75, 3.05) is 0 Å². The zero-order chi connectivity index (χ0) is 8.72. The smallest absolute Gasteiger partial charge is 0.181 e. The lowest BCUT2D eigenvalue weighted by atomic mass is 10.1. The molecule has 12 heavy (non-hydrogen) atoms. The third-order valence-corrected chi connectivity index (χ3v) is 1.95. The molecule has 0 aliphatic carbocycles. The third-order valence-electron chi connectivity index (χ3n) is 1.95. The molecule has 0 amide bonds. The molecule has 1 aromatic heterocycles. The largest absolute Gasteiger partial charge is 0.304 e. The predicted molar refractivity (Wildman–Crippen MR) is 45.2 cm³/mol. The molecule has 0 saturated heterocycles. The summed E-state index contributed by atoms with van der Waals surface area (Å²) in [6.45, 7) is 3.94. The second-order valence-corrected chi connectivity index (χ2v) is 2.98. The van der Waals surface area contributed by atoms with Gasteiger partial charge in [-0.05, 0) is 25.5 Å². The van der Waals surface area contributed by atoms with Crippen molar-refractivity contribution in [3.05, 3.63) is 22.9 Å². The van der Waals surface area contributed by atoms with Gasteiger partial charge in [0.15, 0.2) is 5.82 Å². The van der Waals surface area contributed by atoms with Gasteiger partial charge < -0.3 is 5.73 Å². The SMILES string of the molecule is Cc1cc(C)c2c(n1)N=NC2N. The van der Waals surface area contributed by atoms with Gasteiger partial charge in [-0.15, -0.1) is 5.11 Å². The molecule has 0 bridgehead atoms. The minimum atomic E-state index is -0.312. The molecule has 2 N–H and O–H groups in total. The van der Waals surface area contributed by atoms with Gasteiger partial charge in [-0.1, -0.05) is 0 Å². The Morgan fingerprint density at radius 1 is 1.42 bits per heavy atom. The molecule has 0 spiro atoms. The average molecular weight is 162 g/mol. The maximum Gasteiger partial charge on any atom is 0.181 e. The molecule has 0 radical (unpaired) electrons. The summed E-state index contributed by atoms with van der Waals surface area (Å²) < 4.78 is 0. The standard InChI is InChI=1S/C8H10N4/c1-4-3-5(2)10-8-6(4)7(9)11-12-8/h3,7H,9H2,1-2H3. The number of pyridine rings is 1. The number of azo groups is 1. The van der Waals surface area contributed by atoms with Crippen molar-refractivity contribution in [1.82, 2.24) is 4.98 Å². The van der Waals surface area contributed by atoms with E-state index in [1.165, 1.54) is 0 Å². The molecule has 62 valence electrons. The Morgan fingerprint density at radius 3 is 2.92 bits per heavy atom. The number of fused-ring (bicyclic) bond motifs is 1. The number of hydrogen-bond donors (Lipinski definition) is 1. The van der Waals surface area contributed by atoms with Crippen molar-refractivity contribution in [3.63, 3.8) is 0 Å². The number of nitrogens with zero attached hydrogens (tertiary/aromatic N) is 3. The Hall–Kier alpha value is -1.29. The molecule has 2 rings (SSSR count). The van der Waals surface area contributed by atoms with Crippen LogP contribution in [0.4, 0.5) is 5.82 Å². The first kappa shape index (κ1) is 7.36. The third kappa shape index (κ3) is 0.921. The van der Waals surface area contributed by atoms with E-state index in [0.29, 0.717) is 5.82 Å². The van der Waals surface area contributed by atoms with E-state index < -0.39 is 0 Å². The summed E-state index contributed by atoms with van der Waals surface area (Å²) in [5, 5.41) is 7.74. The molecule has 0 aromatic carbocycles. The van der Waals surface area contributed by atoms with E-state index in [-0.39, 0.29) is 6.17 Å². The van der Waals surface area contributed by atoms with Crippen molar-refractivity contribution in [2.45, 2.75) is 20.0 Å². The van der Waals surface area contributed by atoms with Gasteiger partial charge in [-0.25, -0.2) is 4.98 Å². The van der Waals surface area contributed by atoms with E-state index in [1.54, 1.807) is 0 Å². The van der Waals surface area contributed by atoms with Crippen LogP contribution in [0.15, 0.2) is 16.3 Å². The highest BCUT2D eigenvalue weighted by atomic mass is 15.2.